The van der Waals surface area contributed by atoms with Crippen LogP contribution >= 0.6 is 0 Å². The number of halogens is 1. The molecule has 2 aromatic rings. The minimum absolute atomic E-state index is 0.0539. The van der Waals surface area contributed by atoms with Gasteiger partial charge in [0.2, 0.25) is 5.75 Å². The Morgan fingerprint density at radius 2 is 1.65 bits per heavy atom. The SMILES string of the molecule is Cc1cc(C(=O)c2ccc(O)c(O)c2O)cc(O)c1F. The second-order valence-electron chi connectivity index (χ2n) is 4.28. The van der Waals surface area contributed by atoms with Gasteiger partial charge in [0, 0.05) is 5.56 Å². The Hall–Kier alpha value is -2.76. The minimum Gasteiger partial charge on any atom is -0.505 e. The highest BCUT2D eigenvalue weighted by molar-refractivity contribution is 6.11. The van der Waals surface area contributed by atoms with E-state index in [1.54, 1.807) is 0 Å². The zero-order chi connectivity index (χ0) is 15.0. The van der Waals surface area contributed by atoms with Gasteiger partial charge in [-0.2, -0.15) is 0 Å². The molecule has 0 amide bonds. The first kappa shape index (κ1) is 13.7. The van der Waals surface area contributed by atoms with Gasteiger partial charge in [-0.25, -0.2) is 4.39 Å². The highest BCUT2D eigenvalue weighted by Gasteiger charge is 2.20. The quantitative estimate of drug-likeness (QED) is 0.498. The molecule has 0 radical (unpaired) electrons. The average Bonchev–Trinajstić information content (AvgIpc) is 2.41. The second-order valence-corrected chi connectivity index (χ2v) is 4.28. The minimum atomic E-state index is -0.834. The van der Waals surface area contributed by atoms with Crippen LogP contribution in [0.1, 0.15) is 21.5 Å². The Morgan fingerprint density at radius 1 is 1.00 bits per heavy atom. The highest BCUT2D eigenvalue weighted by atomic mass is 19.1. The summed E-state index contributed by atoms with van der Waals surface area (Å²) in [7, 11) is 0. The fourth-order valence-electron chi connectivity index (χ4n) is 1.79. The predicted octanol–water partition coefficient (Wildman–Crippen LogP) is 2.19. The smallest absolute Gasteiger partial charge is 0.201 e. The second kappa shape index (κ2) is 4.73. The first-order chi connectivity index (χ1) is 9.32. The molecule has 6 heteroatoms. The molecule has 0 fully saturated rings. The lowest BCUT2D eigenvalue weighted by Gasteiger charge is -2.08. The molecule has 0 heterocycles. The van der Waals surface area contributed by atoms with Crippen LogP contribution in [0.2, 0.25) is 0 Å². The number of benzene rings is 2. The lowest BCUT2D eigenvalue weighted by molar-refractivity contribution is 0.103. The van der Waals surface area contributed by atoms with E-state index in [0.29, 0.717) is 0 Å². The van der Waals surface area contributed by atoms with Crippen LogP contribution in [-0.4, -0.2) is 26.2 Å². The number of carbonyl (C=O) groups is 1. The van der Waals surface area contributed by atoms with Gasteiger partial charge < -0.3 is 20.4 Å². The number of phenolic OH excluding ortho intramolecular Hbond substituents is 4. The van der Waals surface area contributed by atoms with E-state index >= 15 is 0 Å². The number of ketones is 1. The van der Waals surface area contributed by atoms with E-state index in [2.05, 4.69) is 0 Å². The first-order valence-electron chi connectivity index (χ1n) is 5.60. The van der Waals surface area contributed by atoms with Gasteiger partial charge in [-0.05, 0) is 36.8 Å². The lowest BCUT2D eigenvalue weighted by atomic mass is 9.99. The number of rotatable bonds is 2. The van der Waals surface area contributed by atoms with Crippen LogP contribution in [0, 0.1) is 12.7 Å². The van der Waals surface area contributed by atoms with Crippen LogP contribution in [0.3, 0.4) is 0 Å². The Morgan fingerprint density at radius 3 is 2.25 bits per heavy atom. The number of phenols is 4. The largest absolute Gasteiger partial charge is 0.505 e. The van der Waals surface area contributed by atoms with Gasteiger partial charge in [-0.3, -0.25) is 4.79 Å². The maximum Gasteiger partial charge on any atom is 0.201 e. The molecule has 0 spiro atoms. The molecule has 2 rings (SSSR count). The van der Waals surface area contributed by atoms with Crippen LogP contribution in [-0.2, 0) is 0 Å². The molecular weight excluding hydrogens is 267 g/mol. The summed E-state index contributed by atoms with van der Waals surface area (Å²) in [6.07, 6.45) is 0. The van der Waals surface area contributed by atoms with Crippen LogP contribution in [0.25, 0.3) is 0 Å². The van der Waals surface area contributed by atoms with Crippen molar-refractivity contribution in [3.8, 4) is 23.0 Å². The lowest BCUT2D eigenvalue weighted by Crippen LogP contribution is -2.03. The van der Waals surface area contributed by atoms with E-state index in [0.717, 1.165) is 18.2 Å². The van der Waals surface area contributed by atoms with Crippen LogP contribution in [0.5, 0.6) is 23.0 Å². The highest BCUT2D eigenvalue weighted by Crippen LogP contribution is 2.38. The molecule has 4 N–H and O–H groups in total. The third-order valence-corrected chi connectivity index (χ3v) is 2.87. The predicted molar refractivity (Wildman–Crippen MR) is 67.7 cm³/mol. The summed E-state index contributed by atoms with van der Waals surface area (Å²) in [4.78, 5) is 12.2. The molecule has 0 unspecified atom stereocenters. The summed E-state index contributed by atoms with van der Waals surface area (Å²) in [6, 6.07) is 4.29. The molecule has 5 nitrogen and oxygen atoms in total. The Bertz CT molecular complexity index is 686. The van der Waals surface area contributed by atoms with Gasteiger partial charge in [0.15, 0.2) is 28.8 Å². The molecule has 104 valence electrons. The number of hydrogen-bond acceptors (Lipinski definition) is 5. The zero-order valence-electron chi connectivity index (χ0n) is 10.4. The number of aryl methyl sites for hydroxylation is 1. The molecule has 0 bridgehead atoms. The normalized spacial score (nSPS) is 10.5. The van der Waals surface area contributed by atoms with Crippen molar-refractivity contribution in [3.63, 3.8) is 0 Å². The van der Waals surface area contributed by atoms with E-state index in [4.69, 9.17) is 0 Å². The molecule has 0 saturated carbocycles. The Balaban J connectivity index is 2.55. The van der Waals surface area contributed by atoms with Crippen molar-refractivity contribution in [1.82, 2.24) is 0 Å². The fourth-order valence-corrected chi connectivity index (χ4v) is 1.79. The van der Waals surface area contributed by atoms with Gasteiger partial charge >= 0.3 is 0 Å². The summed E-state index contributed by atoms with van der Waals surface area (Å²) in [5, 5.41) is 37.6. The standard InChI is InChI=1S/C14H11FO5/c1-6-4-7(5-10(17)11(6)15)12(18)8-2-3-9(16)14(20)13(8)19/h2-5,16-17,19-20H,1H3. The maximum absolute atomic E-state index is 13.3. The fraction of sp³-hybridized carbons (Fsp3) is 0.0714. The first-order valence-corrected chi connectivity index (χ1v) is 5.60. The van der Waals surface area contributed by atoms with Crippen molar-refractivity contribution in [2.24, 2.45) is 0 Å². The van der Waals surface area contributed by atoms with Crippen LogP contribution < -0.4 is 0 Å². The van der Waals surface area contributed by atoms with Crippen molar-refractivity contribution >= 4 is 5.78 Å². The van der Waals surface area contributed by atoms with Gasteiger partial charge in [-0.15, -0.1) is 0 Å². The van der Waals surface area contributed by atoms with Crippen LogP contribution in [0.15, 0.2) is 24.3 Å². The molecular formula is C14H11FO5. The van der Waals surface area contributed by atoms with Gasteiger partial charge in [0.05, 0.1) is 5.56 Å². The molecule has 0 aromatic heterocycles. The van der Waals surface area contributed by atoms with E-state index in [9.17, 15) is 29.6 Å². The van der Waals surface area contributed by atoms with Crippen molar-refractivity contribution in [3.05, 3.63) is 46.8 Å². The zero-order valence-corrected chi connectivity index (χ0v) is 10.4. The molecule has 2 aromatic carbocycles. The summed E-state index contributed by atoms with van der Waals surface area (Å²) in [5.74, 6) is -4.42. The molecule has 20 heavy (non-hydrogen) atoms. The number of hydrogen-bond donors (Lipinski definition) is 4. The van der Waals surface area contributed by atoms with Crippen LogP contribution in [0.4, 0.5) is 4.39 Å². The van der Waals surface area contributed by atoms with E-state index < -0.39 is 34.6 Å². The molecule has 0 atom stereocenters. The average molecular weight is 278 g/mol. The molecule has 0 aliphatic carbocycles. The molecule has 0 saturated heterocycles. The van der Waals surface area contributed by atoms with Crippen molar-refractivity contribution in [1.29, 1.82) is 0 Å². The number of aromatic hydroxyl groups is 4. The summed E-state index contributed by atoms with van der Waals surface area (Å²) in [6.45, 7) is 1.37. The van der Waals surface area contributed by atoms with Gasteiger partial charge in [-0.1, -0.05) is 0 Å². The summed E-state index contributed by atoms with van der Waals surface area (Å²) >= 11 is 0. The van der Waals surface area contributed by atoms with Crippen molar-refractivity contribution < 1.29 is 29.6 Å². The Kier molecular flexibility index (Phi) is 3.23. The van der Waals surface area contributed by atoms with Gasteiger partial charge in [0.1, 0.15) is 0 Å². The van der Waals surface area contributed by atoms with Crippen molar-refractivity contribution in [2.45, 2.75) is 6.92 Å². The topological polar surface area (TPSA) is 98.0 Å². The maximum atomic E-state index is 13.3. The molecule has 0 aliphatic heterocycles. The summed E-state index contributed by atoms with van der Waals surface area (Å²) < 4.78 is 13.3. The third-order valence-electron chi connectivity index (χ3n) is 2.87. The summed E-state index contributed by atoms with van der Waals surface area (Å²) in [5.41, 5.74) is -0.261. The Labute approximate surface area is 113 Å². The van der Waals surface area contributed by atoms with E-state index in [1.165, 1.54) is 13.0 Å². The third kappa shape index (κ3) is 2.11. The van der Waals surface area contributed by atoms with Gasteiger partial charge in [0.25, 0.3) is 0 Å². The van der Waals surface area contributed by atoms with E-state index in [1.807, 2.05) is 0 Å². The molecule has 0 aliphatic rings. The van der Waals surface area contributed by atoms with E-state index in [-0.39, 0.29) is 16.7 Å². The monoisotopic (exact) mass is 278 g/mol. The van der Waals surface area contributed by atoms with Crippen molar-refractivity contribution in [2.75, 3.05) is 0 Å². The number of carbonyl (C=O) groups excluding carboxylic acids is 1.